The van der Waals surface area contributed by atoms with E-state index in [9.17, 15) is 14.0 Å². The third kappa shape index (κ3) is 5.64. The highest BCUT2D eigenvalue weighted by Crippen LogP contribution is 2.11. The first-order valence-corrected chi connectivity index (χ1v) is 8.66. The van der Waals surface area contributed by atoms with Crippen LogP contribution in [0.15, 0.2) is 84.9 Å². The number of carbonyl (C=O) groups excluding carboxylic acids is 2. The Balaban J connectivity index is 1.51. The number of anilines is 1. The van der Waals surface area contributed by atoms with Gasteiger partial charge in [-0.25, -0.2) is 9.18 Å². The molecule has 0 spiro atoms. The molecule has 3 rings (SSSR count). The molecule has 4 nitrogen and oxygen atoms in total. The van der Waals surface area contributed by atoms with E-state index >= 15 is 0 Å². The third-order valence-corrected chi connectivity index (χ3v) is 3.89. The minimum absolute atomic E-state index is 0.0763. The summed E-state index contributed by atoms with van der Waals surface area (Å²) in [5, 5.41) is 2.80. The predicted octanol–water partition coefficient (Wildman–Crippen LogP) is 4.83. The Morgan fingerprint density at radius 2 is 1.68 bits per heavy atom. The normalized spacial score (nSPS) is 10.6. The molecule has 0 radical (unpaired) electrons. The van der Waals surface area contributed by atoms with E-state index in [2.05, 4.69) is 5.32 Å². The van der Waals surface area contributed by atoms with Crippen LogP contribution in [0.1, 0.15) is 21.5 Å². The maximum Gasteiger partial charge on any atom is 0.331 e. The van der Waals surface area contributed by atoms with Crippen molar-refractivity contribution in [3.63, 3.8) is 0 Å². The Bertz CT molecular complexity index is 982. The summed E-state index contributed by atoms with van der Waals surface area (Å²) in [6.07, 6.45) is 2.73. The van der Waals surface area contributed by atoms with Gasteiger partial charge in [0, 0.05) is 17.3 Å². The minimum Gasteiger partial charge on any atom is -0.458 e. The summed E-state index contributed by atoms with van der Waals surface area (Å²) < 4.78 is 18.3. The Morgan fingerprint density at radius 3 is 2.39 bits per heavy atom. The van der Waals surface area contributed by atoms with Crippen LogP contribution in [0, 0.1) is 5.82 Å². The molecular weight excluding hydrogens is 357 g/mol. The summed E-state index contributed by atoms with van der Waals surface area (Å²) in [5.74, 6) is -1.12. The molecule has 1 amide bonds. The molecule has 5 heteroatoms. The highest BCUT2D eigenvalue weighted by atomic mass is 19.1. The lowest BCUT2D eigenvalue weighted by atomic mass is 10.1. The van der Waals surface area contributed by atoms with Crippen LogP contribution in [0.4, 0.5) is 10.1 Å². The van der Waals surface area contributed by atoms with Crippen molar-refractivity contribution in [3.05, 3.63) is 107 Å². The van der Waals surface area contributed by atoms with Gasteiger partial charge in [0.2, 0.25) is 0 Å². The van der Waals surface area contributed by atoms with Crippen molar-refractivity contribution >= 4 is 23.6 Å². The number of amides is 1. The predicted molar refractivity (Wildman–Crippen MR) is 106 cm³/mol. The SMILES string of the molecule is O=C(/C=C/c1cccc(F)c1)OCc1ccc(C(=O)Nc2ccccc2)cc1. The highest BCUT2D eigenvalue weighted by molar-refractivity contribution is 6.04. The van der Waals surface area contributed by atoms with Crippen LogP contribution in [0.25, 0.3) is 6.08 Å². The molecule has 0 aromatic heterocycles. The smallest absolute Gasteiger partial charge is 0.331 e. The standard InChI is InChI=1S/C23H18FNO3/c24-20-6-4-5-17(15-20)11-14-22(26)28-16-18-9-12-19(13-10-18)23(27)25-21-7-2-1-3-8-21/h1-15H,16H2,(H,25,27)/b14-11+. The molecule has 0 aliphatic carbocycles. The van der Waals surface area contributed by atoms with Crippen molar-refractivity contribution in [2.75, 3.05) is 5.32 Å². The van der Waals surface area contributed by atoms with E-state index in [1.54, 1.807) is 36.4 Å². The molecule has 0 bridgehead atoms. The summed E-state index contributed by atoms with van der Waals surface area (Å²) in [5.41, 5.74) is 2.55. The number of esters is 1. The molecule has 0 saturated heterocycles. The summed E-state index contributed by atoms with van der Waals surface area (Å²) in [7, 11) is 0. The molecular formula is C23H18FNO3. The van der Waals surface area contributed by atoms with Crippen LogP contribution >= 0.6 is 0 Å². The zero-order valence-corrected chi connectivity index (χ0v) is 15.0. The first-order chi connectivity index (χ1) is 13.6. The molecule has 1 N–H and O–H groups in total. The first-order valence-electron chi connectivity index (χ1n) is 8.66. The Kier molecular flexibility index (Phi) is 6.31. The molecule has 0 fully saturated rings. The van der Waals surface area contributed by atoms with Crippen molar-refractivity contribution < 1.29 is 18.7 Å². The molecule has 3 aromatic carbocycles. The van der Waals surface area contributed by atoms with Crippen molar-refractivity contribution in [3.8, 4) is 0 Å². The number of para-hydroxylation sites is 1. The van der Waals surface area contributed by atoms with E-state index in [0.717, 1.165) is 11.3 Å². The van der Waals surface area contributed by atoms with Crippen LogP contribution in [-0.2, 0) is 16.1 Å². The van der Waals surface area contributed by atoms with Crippen LogP contribution < -0.4 is 5.32 Å². The summed E-state index contributed by atoms with van der Waals surface area (Å²) in [6, 6.07) is 21.9. The second-order valence-corrected chi connectivity index (χ2v) is 6.01. The van der Waals surface area contributed by atoms with Gasteiger partial charge >= 0.3 is 5.97 Å². The number of nitrogens with one attached hydrogen (secondary N) is 1. The highest BCUT2D eigenvalue weighted by Gasteiger charge is 2.06. The largest absolute Gasteiger partial charge is 0.458 e. The monoisotopic (exact) mass is 375 g/mol. The molecule has 28 heavy (non-hydrogen) atoms. The van der Waals surface area contributed by atoms with Crippen molar-refractivity contribution in [2.45, 2.75) is 6.61 Å². The lowest BCUT2D eigenvalue weighted by Gasteiger charge is -2.06. The number of hydrogen-bond donors (Lipinski definition) is 1. The van der Waals surface area contributed by atoms with E-state index in [1.807, 2.05) is 30.3 Å². The summed E-state index contributed by atoms with van der Waals surface area (Å²) in [6.45, 7) is 0.0763. The fourth-order valence-corrected chi connectivity index (χ4v) is 2.45. The van der Waals surface area contributed by atoms with E-state index in [0.29, 0.717) is 11.1 Å². The average Bonchev–Trinajstić information content (AvgIpc) is 2.72. The zero-order valence-electron chi connectivity index (χ0n) is 15.0. The molecule has 0 atom stereocenters. The first kappa shape index (κ1) is 19.0. The van der Waals surface area contributed by atoms with Crippen LogP contribution in [-0.4, -0.2) is 11.9 Å². The van der Waals surface area contributed by atoms with E-state index in [1.165, 1.54) is 24.3 Å². The van der Waals surface area contributed by atoms with Crippen molar-refractivity contribution in [2.24, 2.45) is 0 Å². The minimum atomic E-state index is -0.532. The fraction of sp³-hybridized carbons (Fsp3) is 0.0435. The van der Waals surface area contributed by atoms with Gasteiger partial charge in [0.1, 0.15) is 12.4 Å². The Labute approximate surface area is 162 Å². The molecule has 140 valence electrons. The third-order valence-electron chi connectivity index (χ3n) is 3.89. The maximum absolute atomic E-state index is 13.1. The Hall–Kier alpha value is -3.73. The fourth-order valence-electron chi connectivity index (χ4n) is 2.45. The molecule has 0 aliphatic rings. The second kappa shape index (κ2) is 9.28. The lowest BCUT2D eigenvalue weighted by molar-refractivity contribution is -0.138. The quantitative estimate of drug-likeness (QED) is 0.496. The Morgan fingerprint density at radius 1 is 0.929 bits per heavy atom. The zero-order chi connectivity index (χ0) is 19.8. The molecule has 0 heterocycles. The van der Waals surface area contributed by atoms with Gasteiger partial charge in [-0.15, -0.1) is 0 Å². The van der Waals surface area contributed by atoms with Crippen molar-refractivity contribution in [1.29, 1.82) is 0 Å². The van der Waals surface area contributed by atoms with Gasteiger partial charge in [-0.05, 0) is 53.6 Å². The summed E-state index contributed by atoms with van der Waals surface area (Å²) >= 11 is 0. The number of halogens is 1. The van der Waals surface area contributed by atoms with Gasteiger partial charge in [0.05, 0.1) is 0 Å². The molecule has 0 saturated carbocycles. The number of benzene rings is 3. The van der Waals surface area contributed by atoms with Gasteiger partial charge < -0.3 is 10.1 Å². The van der Waals surface area contributed by atoms with Gasteiger partial charge in [0.25, 0.3) is 5.91 Å². The van der Waals surface area contributed by atoms with Crippen LogP contribution in [0.5, 0.6) is 0 Å². The number of rotatable bonds is 6. The maximum atomic E-state index is 13.1. The number of hydrogen-bond acceptors (Lipinski definition) is 3. The van der Waals surface area contributed by atoms with E-state index < -0.39 is 5.97 Å². The van der Waals surface area contributed by atoms with Crippen LogP contribution in [0.3, 0.4) is 0 Å². The average molecular weight is 375 g/mol. The lowest BCUT2D eigenvalue weighted by Crippen LogP contribution is -2.11. The van der Waals surface area contributed by atoms with Gasteiger partial charge in [-0.1, -0.05) is 42.5 Å². The van der Waals surface area contributed by atoms with E-state index in [4.69, 9.17) is 4.74 Å². The van der Waals surface area contributed by atoms with Gasteiger partial charge in [-0.3, -0.25) is 4.79 Å². The van der Waals surface area contributed by atoms with Gasteiger partial charge in [-0.2, -0.15) is 0 Å². The topological polar surface area (TPSA) is 55.4 Å². The second-order valence-electron chi connectivity index (χ2n) is 6.01. The molecule has 3 aromatic rings. The number of ether oxygens (including phenoxy) is 1. The summed E-state index contributed by atoms with van der Waals surface area (Å²) in [4.78, 5) is 24.0. The van der Waals surface area contributed by atoms with E-state index in [-0.39, 0.29) is 18.3 Å². The molecule has 0 unspecified atom stereocenters. The van der Waals surface area contributed by atoms with Crippen molar-refractivity contribution in [1.82, 2.24) is 0 Å². The number of carbonyl (C=O) groups is 2. The van der Waals surface area contributed by atoms with Crippen LogP contribution in [0.2, 0.25) is 0 Å². The van der Waals surface area contributed by atoms with Gasteiger partial charge in [0.15, 0.2) is 0 Å². The molecule has 0 aliphatic heterocycles.